The molecule has 0 aliphatic rings. The molecule has 0 radical (unpaired) electrons. The Balaban J connectivity index is 1.93. The van der Waals surface area contributed by atoms with Crippen molar-refractivity contribution in [3.8, 4) is 11.4 Å². The van der Waals surface area contributed by atoms with E-state index in [-0.39, 0.29) is 12.3 Å². The van der Waals surface area contributed by atoms with Gasteiger partial charge in [0.25, 0.3) is 0 Å². The number of hydrogen-bond acceptors (Lipinski definition) is 6. The molecule has 21 heavy (non-hydrogen) atoms. The van der Waals surface area contributed by atoms with Gasteiger partial charge in [-0.1, -0.05) is 6.92 Å². The summed E-state index contributed by atoms with van der Waals surface area (Å²) in [7, 11) is 0. The van der Waals surface area contributed by atoms with E-state index in [1.165, 1.54) is 0 Å². The van der Waals surface area contributed by atoms with Crippen LogP contribution in [0.2, 0.25) is 0 Å². The largest absolute Gasteiger partial charge is 0.481 e. The monoisotopic (exact) mass is 287 g/mol. The summed E-state index contributed by atoms with van der Waals surface area (Å²) in [4.78, 5) is 14.8. The Morgan fingerprint density at radius 1 is 1.43 bits per heavy atom. The minimum absolute atomic E-state index is 0.0651. The summed E-state index contributed by atoms with van der Waals surface area (Å²) in [6.45, 7) is 2.27. The molecule has 0 aromatic carbocycles. The lowest BCUT2D eigenvalue weighted by atomic mass is 10.1. The van der Waals surface area contributed by atoms with Crippen LogP contribution < -0.4 is 0 Å². The summed E-state index contributed by atoms with van der Waals surface area (Å²) >= 11 is 0. The van der Waals surface area contributed by atoms with E-state index in [2.05, 4.69) is 25.6 Å². The quantitative estimate of drug-likeness (QED) is 0.727. The van der Waals surface area contributed by atoms with Crippen molar-refractivity contribution in [3.63, 3.8) is 0 Å². The zero-order chi connectivity index (χ0) is 14.8. The number of tetrazole rings is 1. The van der Waals surface area contributed by atoms with Crippen LogP contribution in [0.4, 0.5) is 0 Å². The Labute approximate surface area is 119 Å². The van der Waals surface area contributed by atoms with Crippen molar-refractivity contribution in [2.75, 3.05) is 0 Å². The molecular weight excluding hydrogens is 274 g/mol. The van der Waals surface area contributed by atoms with Crippen LogP contribution >= 0.6 is 0 Å². The van der Waals surface area contributed by atoms with E-state index in [0.717, 1.165) is 11.1 Å². The number of aromatic nitrogens is 7. The molecule has 9 heteroatoms. The first-order valence-electron chi connectivity index (χ1n) is 6.41. The second-order valence-corrected chi connectivity index (χ2v) is 4.85. The maximum absolute atomic E-state index is 10.7. The van der Waals surface area contributed by atoms with Crippen LogP contribution in [0, 0.1) is 5.92 Å². The first kappa shape index (κ1) is 13.2. The van der Waals surface area contributed by atoms with Crippen LogP contribution in [0.1, 0.15) is 13.3 Å². The van der Waals surface area contributed by atoms with Gasteiger partial charge in [-0.25, -0.2) is 9.20 Å². The number of rotatable bonds is 5. The van der Waals surface area contributed by atoms with E-state index in [1.807, 2.05) is 6.92 Å². The Kier molecular flexibility index (Phi) is 3.30. The van der Waals surface area contributed by atoms with Gasteiger partial charge in [-0.15, -0.1) is 5.10 Å². The summed E-state index contributed by atoms with van der Waals surface area (Å²) in [6, 6.07) is 0. The molecule has 0 aliphatic heterocycles. The van der Waals surface area contributed by atoms with E-state index >= 15 is 0 Å². The highest BCUT2D eigenvalue weighted by Gasteiger charge is 2.17. The molecule has 0 spiro atoms. The van der Waals surface area contributed by atoms with Crippen molar-refractivity contribution in [1.82, 2.24) is 34.8 Å². The van der Waals surface area contributed by atoms with E-state index in [9.17, 15) is 4.79 Å². The first-order chi connectivity index (χ1) is 10.1. The standard InChI is InChI=1S/C12H13N7O2/c1-8(4-11(20)21)7-19-12(15-16-17-19)9-5-14-18-3-2-13-6-10(9)18/h2-3,5-6,8H,4,7H2,1H3,(H,20,21). The van der Waals surface area contributed by atoms with E-state index in [1.54, 1.807) is 34.0 Å². The number of carboxylic acid groups (broad SMARTS) is 1. The molecule has 0 saturated heterocycles. The number of aliphatic carboxylic acids is 1. The predicted molar refractivity (Wildman–Crippen MR) is 71.2 cm³/mol. The highest BCUT2D eigenvalue weighted by molar-refractivity contribution is 5.74. The smallest absolute Gasteiger partial charge is 0.303 e. The predicted octanol–water partition coefficient (Wildman–Crippen LogP) is 0.494. The van der Waals surface area contributed by atoms with Gasteiger partial charge in [-0.2, -0.15) is 5.10 Å². The Morgan fingerprint density at radius 3 is 3.10 bits per heavy atom. The fourth-order valence-corrected chi connectivity index (χ4v) is 2.19. The minimum atomic E-state index is -0.836. The lowest BCUT2D eigenvalue weighted by molar-refractivity contribution is -0.138. The fourth-order valence-electron chi connectivity index (χ4n) is 2.19. The molecule has 3 aromatic rings. The lowest BCUT2D eigenvalue weighted by Gasteiger charge is -2.09. The van der Waals surface area contributed by atoms with Gasteiger partial charge in [0, 0.05) is 25.4 Å². The summed E-state index contributed by atoms with van der Waals surface area (Å²) in [5.41, 5.74) is 1.55. The van der Waals surface area contributed by atoms with Crippen LogP contribution in [0.3, 0.4) is 0 Å². The van der Waals surface area contributed by atoms with Crippen LogP contribution in [0.25, 0.3) is 16.9 Å². The summed E-state index contributed by atoms with van der Waals surface area (Å²) in [6.07, 6.45) is 6.79. The highest BCUT2D eigenvalue weighted by atomic mass is 16.4. The Bertz CT molecular complexity index is 779. The van der Waals surface area contributed by atoms with Gasteiger partial charge in [0.15, 0.2) is 5.82 Å². The molecule has 0 amide bonds. The van der Waals surface area contributed by atoms with Crippen LogP contribution in [0.15, 0.2) is 24.8 Å². The van der Waals surface area contributed by atoms with Gasteiger partial charge < -0.3 is 5.11 Å². The van der Waals surface area contributed by atoms with Crippen LogP contribution in [-0.4, -0.2) is 45.9 Å². The second-order valence-electron chi connectivity index (χ2n) is 4.85. The molecule has 108 valence electrons. The van der Waals surface area contributed by atoms with Gasteiger partial charge in [-0.05, 0) is 16.3 Å². The van der Waals surface area contributed by atoms with Gasteiger partial charge in [-0.3, -0.25) is 9.78 Å². The van der Waals surface area contributed by atoms with Crippen molar-refractivity contribution in [3.05, 3.63) is 24.8 Å². The molecule has 0 aliphatic carbocycles. The Hall–Kier alpha value is -2.84. The minimum Gasteiger partial charge on any atom is -0.481 e. The summed E-state index contributed by atoms with van der Waals surface area (Å²) < 4.78 is 3.28. The number of carbonyl (C=O) groups is 1. The first-order valence-corrected chi connectivity index (χ1v) is 6.41. The van der Waals surface area contributed by atoms with Crippen molar-refractivity contribution < 1.29 is 9.90 Å². The van der Waals surface area contributed by atoms with Gasteiger partial charge in [0.2, 0.25) is 0 Å². The molecule has 3 heterocycles. The molecule has 0 bridgehead atoms. The summed E-state index contributed by atoms with van der Waals surface area (Å²) in [5.74, 6) is -0.364. The number of hydrogen-bond donors (Lipinski definition) is 1. The third-order valence-corrected chi connectivity index (χ3v) is 3.11. The van der Waals surface area contributed by atoms with Gasteiger partial charge >= 0.3 is 5.97 Å². The van der Waals surface area contributed by atoms with E-state index in [4.69, 9.17) is 5.11 Å². The van der Waals surface area contributed by atoms with E-state index < -0.39 is 5.97 Å². The number of fused-ring (bicyclic) bond motifs is 1. The van der Waals surface area contributed by atoms with Crippen molar-refractivity contribution >= 4 is 11.5 Å². The molecular formula is C12H13N7O2. The van der Waals surface area contributed by atoms with Crippen molar-refractivity contribution in [1.29, 1.82) is 0 Å². The maximum Gasteiger partial charge on any atom is 0.303 e. The molecule has 9 nitrogen and oxygen atoms in total. The van der Waals surface area contributed by atoms with Crippen LogP contribution in [-0.2, 0) is 11.3 Å². The van der Waals surface area contributed by atoms with Crippen molar-refractivity contribution in [2.24, 2.45) is 5.92 Å². The average molecular weight is 287 g/mol. The Morgan fingerprint density at radius 2 is 2.29 bits per heavy atom. The molecule has 3 rings (SSSR count). The fraction of sp³-hybridized carbons (Fsp3) is 0.333. The molecule has 0 saturated carbocycles. The zero-order valence-electron chi connectivity index (χ0n) is 11.3. The normalized spacial score (nSPS) is 12.6. The lowest BCUT2D eigenvalue weighted by Crippen LogP contribution is -2.14. The molecule has 1 atom stereocenters. The topological polar surface area (TPSA) is 111 Å². The molecule has 3 aromatic heterocycles. The SMILES string of the molecule is CC(CC(=O)O)Cn1nnnc1-c1cnn2ccncc12. The van der Waals surface area contributed by atoms with Crippen LogP contribution in [0.5, 0.6) is 0 Å². The third kappa shape index (κ3) is 2.57. The number of carboxylic acids is 1. The summed E-state index contributed by atoms with van der Waals surface area (Å²) in [5, 5.41) is 24.7. The van der Waals surface area contributed by atoms with Gasteiger partial charge in [0.05, 0.1) is 23.5 Å². The van der Waals surface area contributed by atoms with Crippen molar-refractivity contribution in [2.45, 2.75) is 19.9 Å². The average Bonchev–Trinajstić information content (AvgIpc) is 3.03. The van der Waals surface area contributed by atoms with Gasteiger partial charge in [0.1, 0.15) is 0 Å². The molecule has 1 N–H and O–H groups in total. The second kappa shape index (κ2) is 5.27. The highest BCUT2D eigenvalue weighted by Crippen LogP contribution is 2.21. The third-order valence-electron chi connectivity index (χ3n) is 3.11. The maximum atomic E-state index is 10.7. The van der Waals surface area contributed by atoms with E-state index in [0.29, 0.717) is 12.4 Å². The molecule has 1 unspecified atom stereocenters. The molecule has 0 fully saturated rings. The number of nitrogens with zero attached hydrogens (tertiary/aromatic N) is 7. The zero-order valence-corrected chi connectivity index (χ0v) is 11.3.